The second kappa shape index (κ2) is 10.9. The summed E-state index contributed by atoms with van der Waals surface area (Å²) < 4.78 is 45.4. The van der Waals surface area contributed by atoms with E-state index < -0.39 is 29.2 Å². The van der Waals surface area contributed by atoms with Gasteiger partial charge in [0.05, 0.1) is 30.1 Å². The summed E-state index contributed by atoms with van der Waals surface area (Å²) in [4.78, 5) is 20.0. The van der Waals surface area contributed by atoms with E-state index in [0.717, 1.165) is 23.2 Å². The molecule has 0 aliphatic carbocycles. The largest absolute Gasteiger partial charge is 0.395 e. The zero-order chi connectivity index (χ0) is 26.7. The number of halogens is 3. The maximum atomic E-state index is 15.6. The Kier molecular flexibility index (Phi) is 7.61. The lowest BCUT2D eigenvalue weighted by Gasteiger charge is -2.28. The van der Waals surface area contributed by atoms with E-state index in [1.54, 1.807) is 19.9 Å². The number of nitriles is 1. The summed E-state index contributed by atoms with van der Waals surface area (Å²) in [5.41, 5.74) is 0.848. The number of aromatic nitrogens is 1. The van der Waals surface area contributed by atoms with Gasteiger partial charge in [-0.25, -0.2) is 22.9 Å². The number of hydrogen-bond acceptors (Lipinski definition) is 6. The van der Waals surface area contributed by atoms with Crippen molar-refractivity contribution in [1.29, 1.82) is 5.26 Å². The van der Waals surface area contributed by atoms with Gasteiger partial charge in [-0.3, -0.25) is 9.80 Å². The van der Waals surface area contributed by atoms with Crippen molar-refractivity contribution in [3.63, 3.8) is 0 Å². The van der Waals surface area contributed by atoms with Crippen LogP contribution in [0.4, 0.5) is 40.8 Å². The number of benzene rings is 2. The van der Waals surface area contributed by atoms with Crippen LogP contribution in [0.15, 0.2) is 36.5 Å². The van der Waals surface area contributed by atoms with Gasteiger partial charge in [-0.2, -0.15) is 5.26 Å². The van der Waals surface area contributed by atoms with Gasteiger partial charge in [-0.05, 0) is 49.7 Å². The van der Waals surface area contributed by atoms with Crippen molar-refractivity contribution in [3.8, 4) is 17.2 Å². The molecule has 192 valence electrons. The lowest BCUT2D eigenvalue weighted by Crippen LogP contribution is -2.41. The number of nitrogens with one attached hydrogen (secondary N) is 2. The average Bonchev–Trinajstić information content (AvgIpc) is 2.96. The first-order valence-corrected chi connectivity index (χ1v) is 11.7. The van der Waals surface area contributed by atoms with Crippen molar-refractivity contribution >= 4 is 28.9 Å². The molecule has 11 heteroatoms. The van der Waals surface area contributed by atoms with E-state index in [0.29, 0.717) is 30.8 Å². The van der Waals surface area contributed by atoms with Crippen molar-refractivity contribution in [2.75, 3.05) is 47.9 Å². The third-order valence-corrected chi connectivity index (χ3v) is 5.94. The van der Waals surface area contributed by atoms with Crippen molar-refractivity contribution in [2.24, 2.45) is 0 Å². The number of aryl methyl sites for hydroxylation is 1. The number of hydrogen-bond donors (Lipinski definition) is 3. The Morgan fingerprint density at radius 1 is 1.08 bits per heavy atom. The SMILES string of the molecule is CCN1C(=O)N(c2c(F)cc(NCCNCCO)cc2F)c2cc(C#N)cc(C)c2-c2cc(F)cnc21. The van der Waals surface area contributed by atoms with Crippen LogP contribution in [-0.2, 0) is 0 Å². The highest BCUT2D eigenvalue weighted by molar-refractivity contribution is 6.15. The number of carbonyl (C=O) groups excluding carboxylic acids is 1. The molecule has 37 heavy (non-hydrogen) atoms. The van der Waals surface area contributed by atoms with Crippen LogP contribution in [0.3, 0.4) is 0 Å². The molecule has 0 bridgehead atoms. The molecule has 4 rings (SSSR count). The summed E-state index contributed by atoms with van der Waals surface area (Å²) in [7, 11) is 0. The number of aliphatic hydroxyl groups is 1. The molecular weight excluding hydrogens is 485 g/mol. The summed E-state index contributed by atoms with van der Waals surface area (Å²) in [6.07, 6.45) is 0.972. The van der Waals surface area contributed by atoms with Crippen LogP contribution in [0.1, 0.15) is 18.1 Å². The fourth-order valence-corrected chi connectivity index (χ4v) is 4.39. The molecule has 0 saturated carbocycles. The topological polar surface area (TPSA) is 105 Å². The van der Waals surface area contributed by atoms with Crippen molar-refractivity contribution in [3.05, 3.63) is 65.1 Å². The van der Waals surface area contributed by atoms with E-state index in [1.807, 2.05) is 6.07 Å². The zero-order valence-electron chi connectivity index (χ0n) is 20.3. The fraction of sp³-hybridized carbons (Fsp3) is 0.269. The Morgan fingerprint density at radius 2 is 1.81 bits per heavy atom. The summed E-state index contributed by atoms with van der Waals surface area (Å²) in [5, 5.41) is 24.2. The highest BCUT2D eigenvalue weighted by Gasteiger charge is 2.37. The molecule has 0 unspecified atom stereocenters. The lowest BCUT2D eigenvalue weighted by molar-refractivity contribution is 0.253. The smallest absolute Gasteiger partial charge is 0.334 e. The Bertz CT molecular complexity index is 1370. The molecule has 3 aromatic rings. The van der Waals surface area contributed by atoms with Gasteiger partial charge in [0.2, 0.25) is 0 Å². The van der Waals surface area contributed by atoms with Crippen LogP contribution >= 0.6 is 0 Å². The minimum atomic E-state index is -1.01. The van der Waals surface area contributed by atoms with Crippen molar-refractivity contribution in [1.82, 2.24) is 10.3 Å². The molecular formula is C26H25F3N6O2. The van der Waals surface area contributed by atoms with Crippen LogP contribution in [0, 0.1) is 35.7 Å². The number of amides is 2. The van der Waals surface area contributed by atoms with Gasteiger partial charge < -0.3 is 15.7 Å². The van der Waals surface area contributed by atoms with E-state index in [1.165, 1.54) is 17.0 Å². The predicted molar refractivity (Wildman–Crippen MR) is 134 cm³/mol. The highest BCUT2D eigenvalue weighted by atomic mass is 19.1. The molecule has 1 aromatic heterocycles. The minimum Gasteiger partial charge on any atom is -0.395 e. The summed E-state index contributed by atoms with van der Waals surface area (Å²) in [5.74, 6) is -2.52. The molecule has 8 nitrogen and oxygen atoms in total. The van der Waals surface area contributed by atoms with Gasteiger partial charge in [-0.1, -0.05) is 0 Å². The van der Waals surface area contributed by atoms with E-state index in [4.69, 9.17) is 5.11 Å². The standard InChI is InChI=1S/C26H25F3N6O2/c1-3-34-25-19(10-17(27)14-33-25)23-15(2)8-16(13-30)9-22(23)35(26(34)37)24-20(28)11-18(12-21(24)29)32-5-4-31-6-7-36/h8-12,14,31-32,36H,3-7H2,1-2H3. The Labute approximate surface area is 212 Å². The lowest BCUT2D eigenvalue weighted by atomic mass is 9.96. The summed E-state index contributed by atoms with van der Waals surface area (Å²) in [6, 6.07) is 7.47. The number of aliphatic hydroxyl groups excluding tert-OH is 1. The Balaban J connectivity index is 1.89. The van der Waals surface area contributed by atoms with Gasteiger partial charge in [0.15, 0.2) is 11.6 Å². The van der Waals surface area contributed by atoms with Gasteiger partial charge in [0.1, 0.15) is 17.3 Å². The maximum Gasteiger partial charge on any atom is 0.334 e. The monoisotopic (exact) mass is 510 g/mol. The molecule has 2 heterocycles. The van der Waals surface area contributed by atoms with Gasteiger partial charge in [-0.15, -0.1) is 0 Å². The number of rotatable bonds is 8. The molecule has 3 N–H and O–H groups in total. The third kappa shape index (κ3) is 4.94. The van der Waals surface area contributed by atoms with E-state index in [2.05, 4.69) is 15.6 Å². The number of fused-ring (bicyclic) bond motifs is 3. The maximum absolute atomic E-state index is 15.6. The molecule has 0 atom stereocenters. The predicted octanol–water partition coefficient (Wildman–Crippen LogP) is 4.44. The van der Waals surface area contributed by atoms with E-state index in [-0.39, 0.29) is 41.5 Å². The summed E-state index contributed by atoms with van der Waals surface area (Å²) >= 11 is 0. The first-order chi connectivity index (χ1) is 17.8. The second-order valence-electron chi connectivity index (χ2n) is 8.37. The molecule has 0 radical (unpaired) electrons. The average molecular weight is 511 g/mol. The molecule has 0 spiro atoms. The molecule has 2 aromatic carbocycles. The number of pyridine rings is 1. The summed E-state index contributed by atoms with van der Waals surface area (Å²) in [6.45, 7) is 4.57. The van der Waals surface area contributed by atoms with Crippen molar-refractivity contribution in [2.45, 2.75) is 13.8 Å². The van der Waals surface area contributed by atoms with E-state index >= 15 is 8.78 Å². The molecule has 2 amide bonds. The van der Waals surface area contributed by atoms with Gasteiger partial charge in [0, 0.05) is 43.0 Å². The molecule has 0 fully saturated rings. The normalized spacial score (nSPS) is 12.6. The number of nitrogens with zero attached hydrogens (tertiary/aromatic N) is 4. The number of anilines is 4. The zero-order valence-corrected chi connectivity index (χ0v) is 20.3. The molecule has 0 saturated heterocycles. The van der Waals surface area contributed by atoms with Gasteiger partial charge in [0.25, 0.3) is 0 Å². The first kappa shape index (κ1) is 25.9. The van der Waals surface area contributed by atoms with Gasteiger partial charge >= 0.3 is 6.03 Å². The van der Waals surface area contributed by atoms with Crippen LogP contribution in [0.25, 0.3) is 11.1 Å². The highest BCUT2D eigenvalue weighted by Crippen LogP contribution is 2.46. The Hall–Kier alpha value is -4.14. The second-order valence-corrected chi connectivity index (χ2v) is 8.37. The quantitative estimate of drug-likeness (QED) is 0.387. The number of urea groups is 1. The number of carbonyl (C=O) groups is 1. The first-order valence-electron chi connectivity index (χ1n) is 11.7. The van der Waals surface area contributed by atoms with E-state index in [9.17, 15) is 14.4 Å². The van der Waals surface area contributed by atoms with Crippen LogP contribution in [0.2, 0.25) is 0 Å². The molecule has 1 aliphatic rings. The van der Waals surface area contributed by atoms with Crippen LogP contribution < -0.4 is 20.4 Å². The van der Waals surface area contributed by atoms with Crippen LogP contribution in [0.5, 0.6) is 0 Å². The Morgan fingerprint density at radius 3 is 2.46 bits per heavy atom. The third-order valence-electron chi connectivity index (χ3n) is 5.94. The van der Waals surface area contributed by atoms with Crippen LogP contribution in [-0.4, -0.2) is 48.9 Å². The molecule has 1 aliphatic heterocycles. The fourth-order valence-electron chi connectivity index (χ4n) is 4.39. The minimum absolute atomic E-state index is 0.0307. The van der Waals surface area contributed by atoms with Crippen molar-refractivity contribution < 1.29 is 23.1 Å².